The van der Waals surface area contributed by atoms with Crippen LogP contribution < -0.4 is 0 Å². The van der Waals surface area contributed by atoms with Crippen LogP contribution in [-0.4, -0.2) is 3.71 Å². The van der Waals surface area contributed by atoms with E-state index in [0.717, 1.165) is 0 Å². The molecule has 0 radical (unpaired) electrons. The average Bonchev–Trinajstić information content (AvgIpc) is 3.24. The fourth-order valence-electron chi connectivity index (χ4n) is 2.14. The van der Waals surface area contributed by atoms with Gasteiger partial charge in [-0.3, -0.25) is 0 Å². The van der Waals surface area contributed by atoms with E-state index in [2.05, 4.69) is 95.6 Å². The molecule has 0 saturated heterocycles. The van der Waals surface area contributed by atoms with Gasteiger partial charge in [0.15, 0.2) is 0 Å². The first-order chi connectivity index (χ1) is 10.8. The summed E-state index contributed by atoms with van der Waals surface area (Å²) >= 11 is 1.54. The van der Waals surface area contributed by atoms with Crippen molar-refractivity contribution in [1.82, 2.24) is 0 Å². The molecule has 0 amide bonds. The first-order valence-corrected chi connectivity index (χ1v) is 8.97. The Balaban J connectivity index is 0.000000131. The molecule has 4 aromatic carbocycles. The number of hydrogen-bond donors (Lipinski definition) is 0. The Hall–Kier alpha value is -1.59. The molecule has 4 rings (SSSR count). The van der Waals surface area contributed by atoms with E-state index >= 15 is 0 Å². The molecule has 0 spiro atoms. The van der Waals surface area contributed by atoms with Crippen molar-refractivity contribution >= 4 is 25.3 Å². The number of rotatable bonds is 1. The van der Waals surface area contributed by atoms with E-state index < -0.39 is 0 Å². The van der Waals surface area contributed by atoms with Gasteiger partial charge in [-0.05, 0) is 0 Å². The van der Waals surface area contributed by atoms with Gasteiger partial charge in [0.05, 0.1) is 0 Å². The Kier molecular flexibility index (Phi) is 7.19. The summed E-state index contributed by atoms with van der Waals surface area (Å²) < 4.78 is 2.22. The van der Waals surface area contributed by atoms with Crippen molar-refractivity contribution in [3.8, 4) is 0 Å². The zero-order valence-corrected chi connectivity index (χ0v) is 15.3. The summed E-state index contributed by atoms with van der Waals surface area (Å²) in [5, 5.41) is 5.32. The van der Waals surface area contributed by atoms with Gasteiger partial charge < -0.3 is 0 Å². The van der Waals surface area contributed by atoms with Crippen molar-refractivity contribution < 1.29 is 24.2 Å². The summed E-state index contributed by atoms with van der Waals surface area (Å²) in [5.41, 5.74) is 0. The molecule has 0 aromatic heterocycles. The number of hydrogen-bond acceptors (Lipinski definition) is 0. The fraction of sp³-hybridized carbons (Fsp3) is 0.0952. The van der Waals surface area contributed by atoms with Crippen LogP contribution in [0.2, 0.25) is 0 Å². The van der Waals surface area contributed by atoms with Crippen LogP contribution in [0.15, 0.2) is 84.9 Å². The van der Waals surface area contributed by atoms with Crippen LogP contribution in [0.3, 0.4) is 0 Å². The Labute approximate surface area is 147 Å². The molecule has 0 aliphatic carbocycles. The zero-order chi connectivity index (χ0) is 15.6. The molecule has 4 aromatic rings. The number of benzene rings is 2. The summed E-state index contributed by atoms with van der Waals surface area (Å²) in [6.45, 7) is 2.15. The second-order valence-electron chi connectivity index (χ2n) is 4.92. The van der Waals surface area contributed by atoms with Crippen molar-refractivity contribution in [2.45, 2.75) is 13.3 Å². The van der Waals surface area contributed by atoms with Crippen LogP contribution >= 0.6 is 0 Å². The maximum atomic E-state index is 2.22. The normalized spacial score (nSPS) is 9.59. The SMILES string of the molecule is CC[CH]=[Zr+2].c1ccc2[cH-]ccc2c1.c1ccc2[cH-]ccc2c1. The summed E-state index contributed by atoms with van der Waals surface area (Å²) in [7, 11) is 0. The van der Waals surface area contributed by atoms with E-state index in [4.69, 9.17) is 0 Å². The quantitative estimate of drug-likeness (QED) is 0.371. The van der Waals surface area contributed by atoms with Crippen LogP contribution in [-0.2, 0) is 24.2 Å². The third-order valence-electron chi connectivity index (χ3n) is 3.30. The minimum Gasteiger partial charge on any atom is -0.168 e. The van der Waals surface area contributed by atoms with Crippen LogP contribution in [0.4, 0.5) is 0 Å². The zero-order valence-electron chi connectivity index (χ0n) is 12.9. The molecule has 0 saturated carbocycles. The minimum absolute atomic E-state index is 1.23. The van der Waals surface area contributed by atoms with Gasteiger partial charge in [-0.2, -0.15) is 35.0 Å². The van der Waals surface area contributed by atoms with Gasteiger partial charge in [-0.15, -0.1) is 59.3 Å². The van der Waals surface area contributed by atoms with E-state index in [1.165, 1.54) is 28.0 Å². The molecule has 0 aliphatic heterocycles. The van der Waals surface area contributed by atoms with E-state index in [9.17, 15) is 0 Å². The van der Waals surface area contributed by atoms with Crippen LogP contribution in [0.1, 0.15) is 13.3 Å². The molecule has 22 heavy (non-hydrogen) atoms. The monoisotopic (exact) mass is 362 g/mol. The molecule has 0 atom stereocenters. The minimum atomic E-state index is 1.23. The maximum Gasteiger partial charge on any atom is -0.0809 e. The van der Waals surface area contributed by atoms with Crippen molar-refractivity contribution in [1.29, 1.82) is 0 Å². The molecule has 0 N–H and O–H groups in total. The Morgan fingerprint density at radius 1 is 0.773 bits per heavy atom. The predicted octanol–water partition coefficient (Wildman–Crippen LogP) is 5.86. The van der Waals surface area contributed by atoms with Crippen molar-refractivity contribution in [2.75, 3.05) is 0 Å². The molecule has 0 fully saturated rings. The maximum absolute atomic E-state index is 2.22. The van der Waals surface area contributed by atoms with E-state index in [1.807, 2.05) is 0 Å². The third kappa shape index (κ3) is 5.00. The van der Waals surface area contributed by atoms with Gasteiger partial charge in [0, 0.05) is 0 Å². The fourth-order valence-corrected chi connectivity index (χ4v) is 2.14. The van der Waals surface area contributed by atoms with Crippen LogP contribution in [0.25, 0.3) is 21.5 Å². The Bertz CT molecular complexity index is 678. The van der Waals surface area contributed by atoms with Gasteiger partial charge in [0.25, 0.3) is 0 Å². The van der Waals surface area contributed by atoms with E-state index in [0.29, 0.717) is 0 Å². The largest absolute Gasteiger partial charge is 0.168 e. The van der Waals surface area contributed by atoms with Gasteiger partial charge in [0.1, 0.15) is 0 Å². The first-order valence-electron chi connectivity index (χ1n) is 7.55. The first kappa shape index (κ1) is 16.8. The topological polar surface area (TPSA) is 0 Å². The summed E-state index contributed by atoms with van der Waals surface area (Å²) in [4.78, 5) is 0. The van der Waals surface area contributed by atoms with Gasteiger partial charge in [-0.1, -0.05) is 12.1 Å². The smallest absolute Gasteiger partial charge is 0.0809 e. The molecule has 1 heteroatoms. The predicted molar refractivity (Wildman–Crippen MR) is 95.4 cm³/mol. The molecule has 0 nitrogen and oxygen atoms in total. The molecular weight excluding hydrogens is 343 g/mol. The molecule has 0 unspecified atom stereocenters. The second-order valence-corrected chi connectivity index (χ2v) is 5.93. The molecule has 0 aliphatic rings. The Morgan fingerprint density at radius 2 is 1.18 bits per heavy atom. The summed E-state index contributed by atoms with van der Waals surface area (Å²) in [6, 6.07) is 29.3. The molecule has 0 bridgehead atoms. The Morgan fingerprint density at radius 3 is 1.55 bits per heavy atom. The summed E-state index contributed by atoms with van der Waals surface area (Å²) in [5.74, 6) is 0. The van der Waals surface area contributed by atoms with E-state index in [1.54, 1.807) is 24.2 Å². The van der Waals surface area contributed by atoms with Crippen LogP contribution in [0, 0.1) is 0 Å². The van der Waals surface area contributed by atoms with Crippen molar-refractivity contribution in [3.63, 3.8) is 0 Å². The van der Waals surface area contributed by atoms with Gasteiger partial charge >= 0.3 is 41.3 Å². The van der Waals surface area contributed by atoms with Crippen molar-refractivity contribution in [3.05, 3.63) is 84.9 Å². The molecular formula is C21H20Zr. The van der Waals surface area contributed by atoms with E-state index in [-0.39, 0.29) is 0 Å². The standard InChI is InChI=1S/2C9H7.C3H6.Zr/c2*1-2-5-9-7-3-6-8(9)4-1;1-3-2;/h2*1-7H;1H,3H2,2H3;/q2*-1;;+2. The average molecular weight is 364 g/mol. The van der Waals surface area contributed by atoms with Crippen LogP contribution in [0.5, 0.6) is 0 Å². The van der Waals surface area contributed by atoms with Crippen molar-refractivity contribution in [2.24, 2.45) is 0 Å². The number of fused-ring (bicyclic) bond motifs is 2. The summed E-state index contributed by atoms with van der Waals surface area (Å²) in [6.07, 6.45) is 1.23. The van der Waals surface area contributed by atoms with Gasteiger partial charge in [-0.25, -0.2) is 0 Å². The molecule has 108 valence electrons. The second kappa shape index (κ2) is 9.43. The third-order valence-corrected chi connectivity index (χ3v) is 4.30. The molecule has 0 heterocycles. The van der Waals surface area contributed by atoms with Gasteiger partial charge in [0.2, 0.25) is 0 Å².